The second kappa shape index (κ2) is 24.4. The minimum absolute atomic E-state index is 0.611. The molecule has 0 aromatic rings. The molecule has 2 nitrogen and oxygen atoms in total. The van der Waals surface area contributed by atoms with E-state index in [2.05, 4.69) is 0 Å². The first-order chi connectivity index (χ1) is 2.00. The molecule has 0 N–H and O–H groups in total. The Kier molecular flexibility index (Phi) is 55.4. The van der Waals surface area contributed by atoms with Gasteiger partial charge in [-0.3, -0.25) is 0 Å². The molecule has 0 radical (unpaired) electrons. The van der Waals surface area contributed by atoms with E-state index >= 15 is 0 Å². The summed E-state index contributed by atoms with van der Waals surface area (Å²) in [5.74, 6) is 0. The zero-order chi connectivity index (χ0) is 4.00. The Morgan fingerprint density at radius 2 is 1.25 bits per heavy atom. The van der Waals surface area contributed by atoms with Crippen LogP contribution in [0.4, 0.5) is 0 Å². The van der Waals surface area contributed by atoms with E-state index in [-0.39, 0.29) is 0 Å². The summed E-state index contributed by atoms with van der Waals surface area (Å²) >= 11 is 1.67. The molecule has 0 bridgehead atoms. The maximum absolute atomic E-state index is 8.28. The van der Waals surface area contributed by atoms with Crippen LogP contribution in [-0.2, 0) is 22.2 Å². The Bertz CT molecular complexity index is 8.00. The van der Waals surface area contributed by atoms with E-state index in [1.807, 2.05) is 0 Å². The molecular weight excluding hydrogens is 240 g/mol. The fraction of sp³-hybridized carbons (Fsp3) is 0. The molecule has 0 unspecified atom stereocenters. The van der Waals surface area contributed by atoms with E-state index in [9.17, 15) is 0 Å². The number of hydrogen-bond acceptors (Lipinski definition) is 2. The van der Waals surface area contributed by atoms with Gasteiger partial charge in [0, 0.05) is 0 Å². The predicted molar refractivity (Wildman–Crippen MR) is 1.37 cm³/mol. The molecule has 0 amide bonds. The Hall–Kier alpha value is 1.51. The molecule has 0 spiro atoms. The van der Waals surface area contributed by atoms with Crippen LogP contribution in [0.15, 0.2) is 0 Å². The standard InChI is InChI=1S/Gd.2O.V. The van der Waals surface area contributed by atoms with Gasteiger partial charge in [-0.1, -0.05) is 0 Å². The first kappa shape index (κ1) is 9.10. The summed E-state index contributed by atoms with van der Waals surface area (Å²) in [4.78, 5) is 0. The molecule has 4 heteroatoms. The molecule has 0 aliphatic carbocycles. The van der Waals surface area contributed by atoms with E-state index in [4.69, 9.17) is 4.84 Å². The monoisotopic (exact) mass is 241 g/mol. The van der Waals surface area contributed by atoms with Crippen molar-refractivity contribution in [1.82, 2.24) is 0 Å². The van der Waals surface area contributed by atoms with Crippen LogP contribution in [0.2, 0.25) is 0 Å². The van der Waals surface area contributed by atoms with Crippen molar-refractivity contribution in [1.29, 1.82) is 0 Å². The molecule has 0 atom stereocenters. The molecule has 4 heavy (non-hydrogen) atoms. The second-order valence-electron chi connectivity index (χ2n) is 0. The minimum atomic E-state index is 0.611. The molecule has 0 saturated heterocycles. The average molecular weight is 240 g/mol. The van der Waals surface area contributed by atoms with Crippen LogP contribution in [0.25, 0.3) is 0 Å². The summed E-state index contributed by atoms with van der Waals surface area (Å²) < 4.78 is 16.5. The van der Waals surface area contributed by atoms with E-state index in [1.54, 1.807) is 0 Å². The number of hydrogen-bond donors (Lipinski definition) is 0. The molecule has 25 valence electrons. The molecule has 0 aliphatic rings. The van der Waals surface area contributed by atoms with Crippen molar-refractivity contribution in [3.63, 3.8) is 0 Å². The van der Waals surface area contributed by atoms with Gasteiger partial charge in [-0.2, -0.15) is 0 Å². The summed E-state index contributed by atoms with van der Waals surface area (Å²) in [5.41, 5.74) is 0. The average Bonchev–Trinajstić information content (AvgIpc) is 1.50. The first-order valence-corrected chi connectivity index (χ1v) is 1.82. The topological polar surface area (TPSA) is 34.1 Å². The molecule has 0 saturated carbocycles. The van der Waals surface area contributed by atoms with Gasteiger partial charge in [0.25, 0.3) is 0 Å². The Morgan fingerprint density at radius 1 is 1.25 bits per heavy atom. The molecule has 0 aliphatic heterocycles. The van der Waals surface area contributed by atoms with E-state index < -0.39 is 0 Å². The quantitative estimate of drug-likeness (QED) is 0.585. The summed E-state index contributed by atoms with van der Waals surface area (Å²) in [6, 6.07) is 0. The van der Waals surface area contributed by atoms with Gasteiger partial charge in [0.05, 0.1) is 0 Å². The van der Waals surface area contributed by atoms with E-state index in [1.165, 1.54) is 0 Å². The third-order valence-electron chi connectivity index (χ3n) is 0. The van der Waals surface area contributed by atoms with Gasteiger partial charge in [-0.15, -0.1) is 0 Å². The van der Waals surface area contributed by atoms with Gasteiger partial charge in [-0.05, 0) is 0 Å². The fourth-order valence-corrected chi connectivity index (χ4v) is 0. The molecule has 0 fully saturated rings. The third-order valence-corrected chi connectivity index (χ3v) is 0. The van der Waals surface area contributed by atoms with Crippen molar-refractivity contribution in [3.05, 3.63) is 0 Å². The molecular formula is GdO2V. The second-order valence-corrected chi connectivity index (χ2v) is 0. The summed E-state index contributed by atoms with van der Waals surface area (Å²) in [7, 11) is 0. The van der Waals surface area contributed by atoms with Crippen molar-refractivity contribution in [3.8, 4) is 0 Å². The van der Waals surface area contributed by atoms with Crippen LogP contribution in [0.3, 0.4) is 0 Å². The normalized spacial score (nSPS) is 2.00. The van der Waals surface area contributed by atoms with E-state index in [0.717, 1.165) is 17.4 Å². The summed E-state index contributed by atoms with van der Waals surface area (Å²) in [6.07, 6.45) is 0. The fourth-order valence-electron chi connectivity index (χ4n) is 0. The SMILES string of the molecule is [O]=[Gd].[O]=[V]. The van der Waals surface area contributed by atoms with Crippen LogP contribution >= 0.6 is 0 Å². The van der Waals surface area contributed by atoms with Gasteiger partial charge < -0.3 is 0 Å². The molecule has 0 aromatic carbocycles. The van der Waals surface area contributed by atoms with Gasteiger partial charge in [0.1, 0.15) is 0 Å². The molecule has 0 heterocycles. The zero-order valence-corrected chi connectivity index (χ0v) is 5.28. The van der Waals surface area contributed by atoms with Crippen LogP contribution in [0.5, 0.6) is 0 Å². The van der Waals surface area contributed by atoms with Crippen LogP contribution in [0.1, 0.15) is 0 Å². The van der Waals surface area contributed by atoms with Crippen molar-refractivity contribution >= 4 is 0 Å². The third kappa shape index (κ3) is 9.70. The van der Waals surface area contributed by atoms with E-state index in [0.29, 0.717) is 38.0 Å². The van der Waals surface area contributed by atoms with Crippen molar-refractivity contribution < 1.29 is 60.2 Å². The van der Waals surface area contributed by atoms with Crippen LogP contribution < -0.4 is 0 Å². The molecule has 0 aromatic heterocycles. The van der Waals surface area contributed by atoms with Gasteiger partial charge in [0.15, 0.2) is 0 Å². The predicted octanol–water partition coefficient (Wildman–Crippen LogP) is -0.240. The van der Waals surface area contributed by atoms with Crippen LogP contribution in [-0.4, -0.2) is 0 Å². The first-order valence-electron chi connectivity index (χ1n) is 0.327. The van der Waals surface area contributed by atoms with Crippen LogP contribution in [0, 0.1) is 38.0 Å². The number of rotatable bonds is 0. The Morgan fingerprint density at radius 3 is 1.25 bits per heavy atom. The van der Waals surface area contributed by atoms with Gasteiger partial charge >= 0.3 is 60.2 Å². The van der Waals surface area contributed by atoms with Gasteiger partial charge in [-0.25, -0.2) is 0 Å². The molecule has 0 rings (SSSR count). The summed E-state index contributed by atoms with van der Waals surface area (Å²) in [5, 5.41) is 0. The Labute approximate surface area is 59.3 Å². The Balaban J connectivity index is 0. The zero-order valence-electron chi connectivity index (χ0n) is 1.62. The van der Waals surface area contributed by atoms with Crippen molar-refractivity contribution in [2.45, 2.75) is 0 Å². The van der Waals surface area contributed by atoms with Gasteiger partial charge in [0.2, 0.25) is 0 Å². The van der Waals surface area contributed by atoms with Crippen molar-refractivity contribution in [2.75, 3.05) is 0 Å². The maximum atomic E-state index is 8.28. The summed E-state index contributed by atoms with van der Waals surface area (Å²) in [6.45, 7) is 0. The van der Waals surface area contributed by atoms with Crippen molar-refractivity contribution in [2.24, 2.45) is 0 Å².